The Hall–Kier alpha value is -2.67. The highest BCUT2D eigenvalue weighted by Gasteiger charge is 2.18. The normalized spacial score (nSPS) is 15.9. The van der Waals surface area contributed by atoms with Crippen LogP contribution in [0.2, 0.25) is 0 Å². The third-order valence-electron chi connectivity index (χ3n) is 3.87. The maximum atomic E-state index is 14.3. The predicted octanol–water partition coefficient (Wildman–Crippen LogP) is 2.34. The molecule has 7 heteroatoms. The second-order valence-corrected chi connectivity index (χ2v) is 5.51. The molecule has 0 bridgehead atoms. The monoisotopic (exact) mass is 323 g/mol. The number of aromatic nitrogens is 1. The Balaban J connectivity index is 1.96. The number of allylic oxidation sites excluding steroid dienone is 1. The molecule has 1 aliphatic rings. The Morgan fingerprint density at radius 2 is 2.21 bits per heavy atom. The third kappa shape index (κ3) is 3.46. The Kier molecular flexibility index (Phi) is 4.91. The van der Waals surface area contributed by atoms with E-state index in [4.69, 9.17) is 0 Å². The van der Waals surface area contributed by atoms with Crippen LogP contribution in [0.1, 0.15) is 24.0 Å². The fraction of sp³-hybridized carbons (Fsp3) is 0.176. The summed E-state index contributed by atoms with van der Waals surface area (Å²) in [4.78, 5) is 19.0. The lowest BCUT2D eigenvalue weighted by Gasteiger charge is -2.16. The van der Waals surface area contributed by atoms with Gasteiger partial charge >= 0.3 is 7.05 Å². The lowest BCUT2D eigenvalue weighted by atomic mass is 9.75. The van der Waals surface area contributed by atoms with Crippen LogP contribution in [0.3, 0.4) is 0 Å². The zero-order valence-corrected chi connectivity index (χ0v) is 12.9. The Bertz CT molecular complexity index is 809. The first-order valence-electron chi connectivity index (χ1n) is 7.65. The van der Waals surface area contributed by atoms with Crippen LogP contribution in [0.15, 0.2) is 58.4 Å². The number of nitroso groups, excluding NO2 is 1. The van der Waals surface area contributed by atoms with Crippen molar-refractivity contribution in [3.63, 3.8) is 0 Å². The summed E-state index contributed by atoms with van der Waals surface area (Å²) in [5.41, 5.74) is 3.18. The van der Waals surface area contributed by atoms with Crippen molar-refractivity contribution in [2.24, 2.45) is 10.1 Å². The van der Waals surface area contributed by atoms with Crippen LogP contribution in [-0.4, -0.2) is 29.3 Å². The van der Waals surface area contributed by atoms with Gasteiger partial charge in [-0.2, -0.15) is 4.91 Å². The lowest BCUT2D eigenvalue weighted by Crippen LogP contribution is -2.28. The third-order valence-corrected chi connectivity index (χ3v) is 3.87. The number of rotatable bonds is 4. The molecule has 0 unspecified atom stereocenters. The molecule has 2 aromatic rings. The van der Waals surface area contributed by atoms with Crippen molar-refractivity contribution >= 4 is 24.3 Å². The number of nitrogens with zero attached hydrogens (tertiary/aromatic N) is 3. The van der Waals surface area contributed by atoms with Crippen LogP contribution in [0.4, 0.5) is 4.39 Å². The first-order chi connectivity index (χ1) is 11.7. The summed E-state index contributed by atoms with van der Waals surface area (Å²) in [5, 5.41) is 11.9. The first kappa shape index (κ1) is 16.2. The second-order valence-electron chi connectivity index (χ2n) is 5.51. The second kappa shape index (κ2) is 7.27. The summed E-state index contributed by atoms with van der Waals surface area (Å²) in [7, 11) is -1.55. The molecular formula is C17H15BFN3O2. The van der Waals surface area contributed by atoms with Gasteiger partial charge in [0.2, 0.25) is 0 Å². The number of hydrogen-bond acceptors (Lipinski definition) is 5. The number of pyridine rings is 1. The lowest BCUT2D eigenvalue weighted by molar-refractivity contribution is 0.585. The molecule has 1 aromatic carbocycles. The highest BCUT2D eigenvalue weighted by molar-refractivity contribution is 6.64. The number of hydrogen-bond donors (Lipinski definition) is 1. The van der Waals surface area contributed by atoms with Gasteiger partial charge in [0.25, 0.3) is 0 Å². The summed E-state index contributed by atoms with van der Waals surface area (Å²) in [6.45, 7) is 0.736. The quantitative estimate of drug-likeness (QED) is 0.693. The Morgan fingerprint density at radius 3 is 2.92 bits per heavy atom. The van der Waals surface area contributed by atoms with E-state index >= 15 is 0 Å². The van der Waals surface area contributed by atoms with E-state index in [0.717, 1.165) is 42.3 Å². The van der Waals surface area contributed by atoms with E-state index in [1.165, 1.54) is 12.1 Å². The standard InChI is InChI=1S/C17H15BFN3O2/c19-16-10-15(18(23)22-24)6-5-12(16)9-13-3-2-8-21-17(13)14-4-1-7-20-11-14/h1,4-7,9-11,23H,2-3,8H2/b13-9+. The minimum Gasteiger partial charge on any atom is -0.425 e. The molecule has 0 aliphatic carbocycles. The summed E-state index contributed by atoms with van der Waals surface area (Å²) in [6, 6.07) is 7.92. The molecule has 1 aliphatic heterocycles. The van der Waals surface area contributed by atoms with Gasteiger partial charge in [0.15, 0.2) is 0 Å². The fourth-order valence-electron chi connectivity index (χ4n) is 2.67. The van der Waals surface area contributed by atoms with Crippen molar-refractivity contribution in [3.8, 4) is 0 Å². The molecule has 0 atom stereocenters. The average Bonchev–Trinajstić information content (AvgIpc) is 2.64. The smallest absolute Gasteiger partial charge is 0.425 e. The minimum atomic E-state index is -1.55. The van der Waals surface area contributed by atoms with Crippen LogP contribution in [0.25, 0.3) is 6.08 Å². The van der Waals surface area contributed by atoms with Gasteiger partial charge in [-0.25, -0.2) is 4.39 Å². The van der Waals surface area contributed by atoms with E-state index in [1.807, 2.05) is 12.1 Å². The molecule has 1 aromatic heterocycles. The maximum absolute atomic E-state index is 14.3. The molecular weight excluding hydrogens is 308 g/mol. The van der Waals surface area contributed by atoms with E-state index in [1.54, 1.807) is 18.5 Å². The summed E-state index contributed by atoms with van der Waals surface area (Å²) < 4.78 is 14.3. The summed E-state index contributed by atoms with van der Waals surface area (Å²) in [6.07, 6.45) is 6.89. The molecule has 1 N–H and O–H groups in total. The van der Waals surface area contributed by atoms with Crippen molar-refractivity contribution in [3.05, 3.63) is 70.1 Å². The molecule has 0 amide bonds. The molecule has 0 saturated heterocycles. The molecule has 3 rings (SSSR count). The van der Waals surface area contributed by atoms with Crippen LogP contribution >= 0.6 is 0 Å². The zero-order chi connectivity index (χ0) is 16.9. The van der Waals surface area contributed by atoms with Crippen molar-refractivity contribution in [2.75, 3.05) is 6.54 Å². The van der Waals surface area contributed by atoms with Crippen LogP contribution < -0.4 is 5.46 Å². The molecule has 0 saturated carbocycles. The SMILES string of the molecule is O=NB(O)c1ccc(/C=C2\CCCN=C2c2cccnc2)c(F)c1. The molecule has 0 fully saturated rings. The molecule has 24 heavy (non-hydrogen) atoms. The van der Waals surface area contributed by atoms with Gasteiger partial charge in [-0.15, -0.1) is 0 Å². The summed E-state index contributed by atoms with van der Waals surface area (Å²) >= 11 is 0. The van der Waals surface area contributed by atoms with Gasteiger partial charge in [-0.05, 0) is 48.2 Å². The van der Waals surface area contributed by atoms with Gasteiger partial charge in [-0.1, -0.05) is 17.2 Å². The zero-order valence-electron chi connectivity index (χ0n) is 12.9. The number of halogens is 1. The molecule has 2 heterocycles. The maximum Gasteiger partial charge on any atom is 0.517 e. The van der Waals surface area contributed by atoms with E-state index < -0.39 is 12.9 Å². The molecule has 5 nitrogen and oxygen atoms in total. The van der Waals surface area contributed by atoms with Crippen LogP contribution in [-0.2, 0) is 0 Å². The van der Waals surface area contributed by atoms with E-state index in [0.29, 0.717) is 5.56 Å². The Labute approximate surface area is 139 Å². The highest BCUT2D eigenvalue weighted by Crippen LogP contribution is 2.22. The first-order valence-corrected chi connectivity index (χ1v) is 7.65. The molecule has 0 spiro atoms. The van der Waals surface area contributed by atoms with Crippen LogP contribution in [0.5, 0.6) is 0 Å². The fourth-order valence-corrected chi connectivity index (χ4v) is 2.67. The summed E-state index contributed by atoms with van der Waals surface area (Å²) in [5.74, 6) is -0.515. The number of benzene rings is 1. The van der Waals surface area contributed by atoms with E-state index in [-0.39, 0.29) is 5.46 Å². The highest BCUT2D eigenvalue weighted by atomic mass is 19.1. The molecule has 120 valence electrons. The predicted molar refractivity (Wildman–Crippen MR) is 92.7 cm³/mol. The topological polar surface area (TPSA) is 74.9 Å². The molecule has 0 radical (unpaired) electrons. The van der Waals surface area contributed by atoms with Crippen LogP contribution in [0, 0.1) is 10.7 Å². The van der Waals surface area contributed by atoms with E-state index in [2.05, 4.69) is 15.1 Å². The number of aliphatic imine (C=N–C) groups is 1. The van der Waals surface area contributed by atoms with E-state index in [9.17, 15) is 14.3 Å². The Morgan fingerprint density at radius 1 is 1.33 bits per heavy atom. The van der Waals surface area contributed by atoms with Crippen molar-refractivity contribution in [1.82, 2.24) is 4.98 Å². The van der Waals surface area contributed by atoms with Gasteiger partial charge in [0.1, 0.15) is 5.82 Å². The van der Waals surface area contributed by atoms with Crippen molar-refractivity contribution in [1.29, 1.82) is 0 Å². The largest absolute Gasteiger partial charge is 0.517 e. The minimum absolute atomic E-state index is 0.134. The van der Waals surface area contributed by atoms with Gasteiger partial charge in [0.05, 0.1) is 5.71 Å². The average molecular weight is 323 g/mol. The van der Waals surface area contributed by atoms with Gasteiger partial charge < -0.3 is 5.02 Å². The van der Waals surface area contributed by atoms with Crippen molar-refractivity contribution < 1.29 is 9.41 Å². The van der Waals surface area contributed by atoms with Gasteiger partial charge in [0, 0.05) is 30.1 Å². The van der Waals surface area contributed by atoms with Crippen molar-refractivity contribution in [2.45, 2.75) is 12.8 Å². The van der Waals surface area contributed by atoms with Gasteiger partial charge in [-0.3, -0.25) is 9.98 Å².